The number of para-hydroxylation sites is 1. The molecule has 36 heavy (non-hydrogen) atoms. The molecule has 1 N–H and O–H groups in total. The smallest absolute Gasteiger partial charge is 0.266 e. The molecule has 3 aromatic carbocycles. The van der Waals surface area contributed by atoms with Gasteiger partial charge in [-0.1, -0.05) is 42.1 Å². The molecule has 1 aliphatic rings. The Labute approximate surface area is 212 Å². The Bertz CT molecular complexity index is 1440. The molecule has 0 bridgehead atoms. The Kier molecular flexibility index (Phi) is 6.39. The second kappa shape index (κ2) is 9.79. The number of rotatable bonds is 7. The molecule has 0 unspecified atom stereocenters. The quantitative estimate of drug-likeness (QED) is 0.291. The van der Waals surface area contributed by atoms with Crippen molar-refractivity contribution in [1.82, 2.24) is 14.8 Å². The lowest BCUT2D eigenvalue weighted by molar-refractivity contribution is -0.113. The van der Waals surface area contributed by atoms with Crippen molar-refractivity contribution >= 4 is 40.9 Å². The first-order valence-electron chi connectivity index (χ1n) is 11.5. The second-order valence-electron chi connectivity index (χ2n) is 8.24. The van der Waals surface area contributed by atoms with Crippen molar-refractivity contribution in [1.29, 1.82) is 0 Å². The average Bonchev–Trinajstić information content (AvgIpc) is 3.42. The number of imide groups is 1. The molecular weight excluding hydrogens is 474 g/mol. The van der Waals surface area contributed by atoms with Gasteiger partial charge in [-0.25, -0.2) is 4.90 Å². The number of nitrogens with zero attached hydrogens (tertiary/aromatic N) is 4. The van der Waals surface area contributed by atoms with Crippen LogP contribution in [0.4, 0.5) is 11.4 Å². The van der Waals surface area contributed by atoms with E-state index in [1.807, 2.05) is 54.8 Å². The van der Waals surface area contributed by atoms with Gasteiger partial charge in [0.15, 0.2) is 11.0 Å². The van der Waals surface area contributed by atoms with Gasteiger partial charge in [-0.15, -0.1) is 10.2 Å². The summed E-state index contributed by atoms with van der Waals surface area (Å²) in [5.74, 6) is 0.0657. The number of carbonyl (C=O) groups is 3. The Balaban J connectivity index is 1.30. The minimum atomic E-state index is -0.331. The zero-order valence-electron chi connectivity index (χ0n) is 19.8. The zero-order chi connectivity index (χ0) is 25.2. The van der Waals surface area contributed by atoms with Crippen LogP contribution in [-0.2, 0) is 11.3 Å². The van der Waals surface area contributed by atoms with E-state index in [-0.39, 0.29) is 23.5 Å². The van der Waals surface area contributed by atoms with Crippen molar-refractivity contribution in [3.05, 3.63) is 89.5 Å². The Morgan fingerprint density at radius 1 is 0.889 bits per heavy atom. The number of thioether (sulfide) groups is 1. The lowest BCUT2D eigenvalue weighted by Crippen LogP contribution is -2.29. The normalized spacial score (nSPS) is 12.7. The van der Waals surface area contributed by atoms with Crippen LogP contribution >= 0.6 is 11.8 Å². The maximum absolute atomic E-state index is 12.8. The fourth-order valence-corrected chi connectivity index (χ4v) is 4.91. The SMILES string of the molecule is CCn1c(SCC(=O)Nc2ccccc2C)nnc1-c1ccc(N2C(=O)c3ccccc3C2=O)cc1. The molecule has 8 nitrogen and oxygen atoms in total. The highest BCUT2D eigenvalue weighted by Gasteiger charge is 2.36. The van der Waals surface area contributed by atoms with Gasteiger partial charge in [0.1, 0.15) is 0 Å². The maximum Gasteiger partial charge on any atom is 0.266 e. The van der Waals surface area contributed by atoms with E-state index >= 15 is 0 Å². The van der Waals surface area contributed by atoms with E-state index in [0.29, 0.717) is 34.3 Å². The molecule has 0 radical (unpaired) electrons. The summed E-state index contributed by atoms with van der Waals surface area (Å²) in [5, 5.41) is 12.2. The fourth-order valence-electron chi connectivity index (χ4n) is 4.11. The Hall–Kier alpha value is -4.24. The van der Waals surface area contributed by atoms with Gasteiger partial charge in [-0.2, -0.15) is 0 Å². The van der Waals surface area contributed by atoms with Crippen molar-refractivity contribution in [3.63, 3.8) is 0 Å². The van der Waals surface area contributed by atoms with Crippen LogP contribution in [0.5, 0.6) is 0 Å². The summed E-state index contributed by atoms with van der Waals surface area (Å²) in [4.78, 5) is 39.2. The number of benzene rings is 3. The standard InChI is InChI=1S/C27H23N5O3S/c1-3-31-24(29-30-27(31)36-16-23(33)28-22-11-7-4-8-17(22)2)18-12-14-19(15-13-18)32-25(34)20-9-5-6-10-21(20)26(32)35/h4-15H,3,16H2,1-2H3,(H,28,33). The molecule has 2 heterocycles. The third-order valence-electron chi connectivity index (χ3n) is 5.96. The van der Waals surface area contributed by atoms with Gasteiger partial charge in [0.2, 0.25) is 5.91 Å². The number of aromatic nitrogens is 3. The molecule has 0 saturated heterocycles. The molecule has 0 atom stereocenters. The predicted molar refractivity (Wildman–Crippen MR) is 139 cm³/mol. The van der Waals surface area contributed by atoms with Crippen LogP contribution in [0.3, 0.4) is 0 Å². The van der Waals surface area contributed by atoms with Crippen molar-refractivity contribution in [3.8, 4) is 11.4 Å². The molecule has 9 heteroatoms. The van der Waals surface area contributed by atoms with E-state index in [2.05, 4.69) is 15.5 Å². The van der Waals surface area contributed by atoms with E-state index in [4.69, 9.17) is 0 Å². The number of amides is 3. The second-order valence-corrected chi connectivity index (χ2v) is 9.18. The monoisotopic (exact) mass is 497 g/mol. The minimum absolute atomic E-state index is 0.119. The van der Waals surface area contributed by atoms with Gasteiger partial charge in [0.05, 0.1) is 22.6 Å². The number of fused-ring (bicyclic) bond motifs is 1. The van der Waals surface area contributed by atoms with Gasteiger partial charge in [0, 0.05) is 17.8 Å². The van der Waals surface area contributed by atoms with Crippen LogP contribution in [0.15, 0.2) is 78.0 Å². The molecule has 1 aliphatic heterocycles. The Morgan fingerprint density at radius 3 is 2.17 bits per heavy atom. The van der Waals surface area contributed by atoms with Gasteiger partial charge in [-0.3, -0.25) is 14.4 Å². The molecule has 0 saturated carbocycles. The van der Waals surface area contributed by atoms with Crippen molar-refractivity contribution in [2.75, 3.05) is 16.0 Å². The maximum atomic E-state index is 12.8. The predicted octanol–water partition coefficient (Wildman–Crippen LogP) is 4.80. The lowest BCUT2D eigenvalue weighted by atomic mass is 10.1. The van der Waals surface area contributed by atoms with Gasteiger partial charge < -0.3 is 9.88 Å². The van der Waals surface area contributed by atoms with Crippen molar-refractivity contribution < 1.29 is 14.4 Å². The number of aryl methyl sites for hydroxylation is 1. The highest BCUT2D eigenvalue weighted by atomic mass is 32.2. The number of hydrogen-bond acceptors (Lipinski definition) is 6. The van der Waals surface area contributed by atoms with E-state index in [1.54, 1.807) is 36.4 Å². The van der Waals surface area contributed by atoms with Gasteiger partial charge in [-0.05, 0) is 61.9 Å². The summed E-state index contributed by atoms with van der Waals surface area (Å²) in [7, 11) is 0. The van der Waals surface area contributed by atoms with Crippen LogP contribution in [0.2, 0.25) is 0 Å². The number of anilines is 2. The molecule has 5 rings (SSSR count). The van der Waals surface area contributed by atoms with Gasteiger partial charge in [0.25, 0.3) is 11.8 Å². The first-order chi connectivity index (χ1) is 17.5. The fraction of sp³-hybridized carbons (Fsp3) is 0.148. The lowest BCUT2D eigenvalue weighted by Gasteiger charge is -2.14. The van der Waals surface area contributed by atoms with Gasteiger partial charge >= 0.3 is 0 Å². The molecule has 180 valence electrons. The van der Waals surface area contributed by atoms with E-state index in [1.165, 1.54) is 16.7 Å². The summed E-state index contributed by atoms with van der Waals surface area (Å²) in [6.07, 6.45) is 0. The van der Waals surface area contributed by atoms with Crippen molar-refractivity contribution in [2.24, 2.45) is 0 Å². The molecule has 0 aliphatic carbocycles. The summed E-state index contributed by atoms with van der Waals surface area (Å²) >= 11 is 1.32. The van der Waals surface area contributed by atoms with Crippen LogP contribution in [0.25, 0.3) is 11.4 Å². The summed E-state index contributed by atoms with van der Waals surface area (Å²) in [6.45, 7) is 4.55. The molecule has 0 spiro atoms. The van der Waals surface area contributed by atoms with Crippen LogP contribution in [-0.4, -0.2) is 38.2 Å². The first kappa shape index (κ1) is 23.5. The highest BCUT2D eigenvalue weighted by molar-refractivity contribution is 7.99. The highest BCUT2D eigenvalue weighted by Crippen LogP contribution is 2.31. The number of hydrogen-bond donors (Lipinski definition) is 1. The summed E-state index contributed by atoms with van der Waals surface area (Å²) in [5.41, 5.74) is 3.89. The summed E-state index contributed by atoms with van der Waals surface area (Å²) in [6, 6.07) is 21.5. The molecule has 0 fully saturated rings. The van der Waals surface area contributed by atoms with Crippen LogP contribution in [0, 0.1) is 6.92 Å². The van der Waals surface area contributed by atoms with E-state index in [9.17, 15) is 14.4 Å². The third kappa shape index (κ3) is 4.29. The molecule has 1 aromatic heterocycles. The first-order valence-corrected chi connectivity index (χ1v) is 12.5. The number of nitrogens with one attached hydrogen (secondary N) is 1. The Morgan fingerprint density at radius 2 is 1.53 bits per heavy atom. The van der Waals surface area contributed by atoms with E-state index < -0.39 is 0 Å². The largest absolute Gasteiger partial charge is 0.325 e. The van der Waals surface area contributed by atoms with Crippen molar-refractivity contribution in [2.45, 2.75) is 25.5 Å². The molecular formula is C27H23N5O3S. The number of carbonyl (C=O) groups excluding carboxylic acids is 3. The van der Waals surface area contributed by atoms with Crippen LogP contribution in [0.1, 0.15) is 33.2 Å². The zero-order valence-corrected chi connectivity index (χ0v) is 20.6. The molecule has 3 amide bonds. The average molecular weight is 498 g/mol. The third-order valence-corrected chi connectivity index (χ3v) is 6.93. The summed E-state index contributed by atoms with van der Waals surface area (Å²) < 4.78 is 1.93. The van der Waals surface area contributed by atoms with E-state index in [0.717, 1.165) is 16.8 Å². The minimum Gasteiger partial charge on any atom is -0.325 e. The van der Waals surface area contributed by atoms with Crippen LogP contribution < -0.4 is 10.2 Å². The molecule has 4 aromatic rings. The topological polar surface area (TPSA) is 97.2 Å².